The van der Waals surface area contributed by atoms with Gasteiger partial charge in [-0.15, -0.1) is 0 Å². The van der Waals surface area contributed by atoms with Crippen molar-refractivity contribution in [3.05, 3.63) is 36.4 Å². The first-order valence-corrected chi connectivity index (χ1v) is 10.7. The number of nitrogens with zero attached hydrogens (tertiary/aromatic N) is 1. The molecule has 0 aliphatic heterocycles. The Balaban J connectivity index is 0.000000568. The monoisotopic (exact) mass is 478 g/mol. The molecule has 190 valence electrons. The SMILES string of the molecule is CC(C)NC=O.COOc1ccccc1N.NCCCCC(N)C(=O)Nc1ccc(N)c(N)n1. The van der Waals surface area contributed by atoms with Crippen LogP contribution < -0.4 is 44.2 Å². The number of pyridine rings is 1. The van der Waals surface area contributed by atoms with E-state index in [1.165, 1.54) is 7.11 Å². The van der Waals surface area contributed by atoms with E-state index in [0.29, 0.717) is 42.3 Å². The molecule has 1 atom stereocenters. The van der Waals surface area contributed by atoms with Gasteiger partial charge < -0.3 is 44.2 Å². The second-order valence-corrected chi connectivity index (χ2v) is 7.28. The van der Waals surface area contributed by atoms with E-state index in [1.807, 2.05) is 26.0 Å². The van der Waals surface area contributed by atoms with Gasteiger partial charge in [0, 0.05) is 6.04 Å². The van der Waals surface area contributed by atoms with Crippen LogP contribution in [-0.2, 0) is 14.5 Å². The molecule has 12 heteroatoms. The van der Waals surface area contributed by atoms with E-state index in [-0.39, 0.29) is 17.8 Å². The van der Waals surface area contributed by atoms with E-state index >= 15 is 0 Å². The van der Waals surface area contributed by atoms with E-state index < -0.39 is 6.04 Å². The Hall–Kier alpha value is -3.61. The summed E-state index contributed by atoms with van der Waals surface area (Å²) in [5.74, 6) is 0.791. The van der Waals surface area contributed by atoms with Crippen molar-refractivity contribution in [1.29, 1.82) is 0 Å². The molecule has 0 aliphatic carbocycles. The number of unbranched alkanes of at least 4 members (excludes halogenated alkanes) is 1. The minimum absolute atomic E-state index is 0.185. The van der Waals surface area contributed by atoms with Gasteiger partial charge in [0.15, 0.2) is 5.75 Å². The van der Waals surface area contributed by atoms with Crippen LogP contribution in [0.4, 0.5) is 23.0 Å². The highest BCUT2D eigenvalue weighted by Crippen LogP contribution is 2.19. The maximum absolute atomic E-state index is 11.7. The summed E-state index contributed by atoms with van der Waals surface area (Å²) in [5.41, 5.74) is 28.6. The van der Waals surface area contributed by atoms with Crippen molar-refractivity contribution < 1.29 is 19.4 Å². The van der Waals surface area contributed by atoms with E-state index in [4.69, 9.17) is 33.6 Å². The van der Waals surface area contributed by atoms with Gasteiger partial charge in [-0.25, -0.2) is 4.98 Å². The summed E-state index contributed by atoms with van der Waals surface area (Å²) in [4.78, 5) is 34.3. The predicted octanol–water partition coefficient (Wildman–Crippen LogP) is 0.991. The number of nitrogens with one attached hydrogen (secondary N) is 2. The Kier molecular flexibility index (Phi) is 16.0. The molecule has 1 unspecified atom stereocenters. The molecule has 0 bridgehead atoms. The Labute approximate surface area is 200 Å². The molecular weight excluding hydrogens is 440 g/mol. The second kappa shape index (κ2) is 17.9. The van der Waals surface area contributed by atoms with Gasteiger partial charge in [-0.05, 0) is 57.5 Å². The zero-order valence-corrected chi connectivity index (χ0v) is 20.0. The number of hydrogen-bond donors (Lipinski definition) is 7. The summed E-state index contributed by atoms with van der Waals surface area (Å²) < 4.78 is 0. The highest BCUT2D eigenvalue weighted by Gasteiger charge is 2.13. The van der Waals surface area contributed by atoms with E-state index in [1.54, 1.807) is 24.3 Å². The van der Waals surface area contributed by atoms with Crippen molar-refractivity contribution in [3.63, 3.8) is 0 Å². The van der Waals surface area contributed by atoms with Crippen LogP contribution in [0.3, 0.4) is 0 Å². The summed E-state index contributed by atoms with van der Waals surface area (Å²) in [6.45, 7) is 4.42. The lowest BCUT2D eigenvalue weighted by Gasteiger charge is -2.12. The highest BCUT2D eigenvalue weighted by molar-refractivity contribution is 5.94. The Morgan fingerprint density at radius 1 is 1.09 bits per heavy atom. The van der Waals surface area contributed by atoms with Gasteiger partial charge >= 0.3 is 0 Å². The molecule has 2 rings (SSSR count). The van der Waals surface area contributed by atoms with Crippen LogP contribution >= 0.6 is 0 Å². The van der Waals surface area contributed by atoms with Crippen molar-refractivity contribution in [2.45, 2.75) is 45.2 Å². The number of carbonyl (C=O) groups excluding carboxylic acids is 2. The summed E-state index contributed by atoms with van der Waals surface area (Å²) in [6.07, 6.45) is 2.97. The molecule has 0 fully saturated rings. The lowest BCUT2D eigenvalue weighted by molar-refractivity contribution is -0.177. The molecule has 0 saturated carbocycles. The zero-order chi connectivity index (χ0) is 25.9. The fourth-order valence-corrected chi connectivity index (χ4v) is 2.20. The molecule has 12 nitrogen and oxygen atoms in total. The fourth-order valence-electron chi connectivity index (χ4n) is 2.20. The first-order valence-electron chi connectivity index (χ1n) is 10.7. The zero-order valence-electron chi connectivity index (χ0n) is 20.0. The molecule has 0 aliphatic rings. The number of carbonyl (C=O) groups is 2. The van der Waals surface area contributed by atoms with Gasteiger partial charge in [0.1, 0.15) is 11.6 Å². The van der Waals surface area contributed by atoms with Crippen LogP contribution in [0.15, 0.2) is 36.4 Å². The van der Waals surface area contributed by atoms with Crippen LogP contribution in [0.5, 0.6) is 5.75 Å². The molecule has 0 spiro atoms. The van der Waals surface area contributed by atoms with Gasteiger partial charge in [-0.3, -0.25) is 9.59 Å². The number of anilines is 4. The highest BCUT2D eigenvalue weighted by atomic mass is 17.2. The Morgan fingerprint density at radius 2 is 1.76 bits per heavy atom. The van der Waals surface area contributed by atoms with Gasteiger partial charge in [-0.1, -0.05) is 18.6 Å². The second-order valence-electron chi connectivity index (χ2n) is 7.28. The number of hydrogen-bond acceptors (Lipinski definition) is 10. The van der Waals surface area contributed by atoms with Gasteiger partial charge in [0.2, 0.25) is 12.3 Å². The molecule has 1 aromatic heterocycles. The number of aromatic nitrogens is 1. The molecule has 0 saturated heterocycles. The first-order chi connectivity index (χ1) is 16.2. The molecule has 2 aromatic rings. The molecule has 0 radical (unpaired) electrons. The summed E-state index contributed by atoms with van der Waals surface area (Å²) >= 11 is 0. The van der Waals surface area contributed by atoms with E-state index in [9.17, 15) is 9.59 Å². The van der Waals surface area contributed by atoms with Crippen LogP contribution in [0, 0.1) is 0 Å². The maximum atomic E-state index is 11.7. The molecule has 2 amide bonds. The quantitative estimate of drug-likeness (QED) is 0.0843. The average molecular weight is 479 g/mol. The van der Waals surface area contributed by atoms with E-state index in [0.717, 1.165) is 12.8 Å². The topological polar surface area (TPSA) is 220 Å². The standard InChI is InChI=1S/C11H20N6O.C7H9NO2.C4H9NO/c12-6-2-1-3-8(14)11(18)17-9-5-4-7(13)10(15)16-9;1-9-10-7-5-3-2-4-6(7)8;1-4(2)5-3-6/h4-5,8H,1-3,6,12-14H2,(H3,15,16,17,18);2-5H,8H2,1H3;3-4H,1-2H3,(H,5,6). The molecular formula is C22H38N8O4. The largest absolute Gasteiger partial charge is 0.396 e. The average Bonchev–Trinajstić information content (AvgIpc) is 2.79. The third-order valence-electron chi connectivity index (χ3n) is 4.01. The molecule has 12 N–H and O–H groups in total. The number of rotatable bonds is 10. The third kappa shape index (κ3) is 13.7. The Bertz CT molecular complexity index is 851. The molecule has 1 heterocycles. The third-order valence-corrected chi connectivity index (χ3v) is 4.01. The smallest absolute Gasteiger partial charge is 0.242 e. The van der Waals surface area contributed by atoms with Gasteiger partial charge in [0.05, 0.1) is 24.5 Å². The van der Waals surface area contributed by atoms with Crippen molar-refractivity contribution in [2.24, 2.45) is 11.5 Å². The summed E-state index contributed by atoms with van der Waals surface area (Å²) in [5, 5.41) is 5.12. The maximum Gasteiger partial charge on any atom is 0.242 e. The van der Waals surface area contributed by atoms with Crippen LogP contribution in [-0.4, -0.2) is 43.0 Å². The van der Waals surface area contributed by atoms with Crippen molar-refractivity contribution in [2.75, 3.05) is 36.2 Å². The first kappa shape index (κ1) is 30.4. The molecule has 1 aromatic carbocycles. The normalized spacial score (nSPS) is 10.6. The van der Waals surface area contributed by atoms with Crippen LogP contribution in [0.1, 0.15) is 33.1 Å². The van der Waals surface area contributed by atoms with Crippen molar-refractivity contribution in [3.8, 4) is 5.75 Å². The van der Waals surface area contributed by atoms with Crippen molar-refractivity contribution in [1.82, 2.24) is 10.3 Å². The summed E-state index contributed by atoms with van der Waals surface area (Å²) in [6, 6.07) is 10.0. The van der Waals surface area contributed by atoms with E-state index in [2.05, 4.69) is 20.5 Å². The van der Waals surface area contributed by atoms with Gasteiger partial charge in [-0.2, -0.15) is 4.89 Å². The number of amides is 2. The number of nitrogens with two attached hydrogens (primary N) is 5. The number of benzene rings is 1. The van der Waals surface area contributed by atoms with Crippen LogP contribution in [0.25, 0.3) is 0 Å². The number of para-hydroxylation sites is 2. The Morgan fingerprint density at radius 3 is 2.26 bits per heavy atom. The van der Waals surface area contributed by atoms with Crippen LogP contribution in [0.2, 0.25) is 0 Å². The van der Waals surface area contributed by atoms with Gasteiger partial charge in [0.25, 0.3) is 0 Å². The fraction of sp³-hybridized carbons (Fsp3) is 0.409. The minimum atomic E-state index is -0.572. The lowest BCUT2D eigenvalue weighted by atomic mass is 10.1. The number of nitrogen functional groups attached to an aromatic ring is 3. The van der Waals surface area contributed by atoms with Crippen molar-refractivity contribution >= 4 is 35.3 Å². The molecule has 34 heavy (non-hydrogen) atoms. The lowest BCUT2D eigenvalue weighted by Crippen LogP contribution is -2.35. The summed E-state index contributed by atoms with van der Waals surface area (Å²) in [7, 11) is 1.44. The minimum Gasteiger partial charge on any atom is -0.396 e. The predicted molar refractivity (Wildman–Crippen MR) is 135 cm³/mol.